The molecule has 8 heteroatoms. The van der Waals surface area contributed by atoms with Gasteiger partial charge in [0.05, 0.1) is 11.5 Å². The van der Waals surface area contributed by atoms with Gasteiger partial charge in [0.2, 0.25) is 5.91 Å². The molecule has 1 fully saturated rings. The molecule has 116 valence electrons. The number of rotatable bonds is 7. The first kappa shape index (κ1) is 16.9. The predicted molar refractivity (Wildman–Crippen MR) is 73.9 cm³/mol. The molecule has 0 bridgehead atoms. The number of nitrogens with two attached hydrogens (primary N) is 1. The van der Waals surface area contributed by atoms with Gasteiger partial charge in [-0.05, 0) is 18.9 Å². The molecule has 1 rings (SSSR count). The van der Waals surface area contributed by atoms with Crippen LogP contribution in [0.3, 0.4) is 0 Å². The quantitative estimate of drug-likeness (QED) is 0.652. The Morgan fingerprint density at radius 3 is 2.50 bits per heavy atom. The van der Waals surface area contributed by atoms with Gasteiger partial charge in [-0.1, -0.05) is 13.3 Å². The third kappa shape index (κ3) is 4.75. The summed E-state index contributed by atoms with van der Waals surface area (Å²) >= 11 is 0. The molecule has 1 aliphatic rings. The van der Waals surface area contributed by atoms with Crippen molar-refractivity contribution in [3.8, 4) is 0 Å². The largest absolute Gasteiger partial charge is 0.480 e. The van der Waals surface area contributed by atoms with Gasteiger partial charge in [0.1, 0.15) is 6.54 Å². The van der Waals surface area contributed by atoms with E-state index in [1.54, 1.807) is 0 Å². The summed E-state index contributed by atoms with van der Waals surface area (Å²) in [5.41, 5.74) is 5.55. The first-order valence-electron chi connectivity index (χ1n) is 6.70. The lowest BCUT2D eigenvalue weighted by Crippen LogP contribution is -2.45. The number of carbonyl (C=O) groups excluding carboxylic acids is 1. The van der Waals surface area contributed by atoms with Crippen molar-refractivity contribution in [3.05, 3.63) is 0 Å². The molecule has 2 atom stereocenters. The molecule has 7 nitrogen and oxygen atoms in total. The summed E-state index contributed by atoms with van der Waals surface area (Å²) in [6.07, 6.45) is 1.20. The van der Waals surface area contributed by atoms with E-state index in [1.807, 2.05) is 6.92 Å². The molecule has 0 aliphatic carbocycles. The second-order valence-corrected chi connectivity index (χ2v) is 7.42. The fourth-order valence-corrected chi connectivity index (χ4v) is 4.08. The van der Waals surface area contributed by atoms with E-state index < -0.39 is 28.4 Å². The van der Waals surface area contributed by atoms with E-state index in [9.17, 15) is 18.0 Å². The molecule has 20 heavy (non-hydrogen) atoms. The normalized spacial score (nSPS) is 22.4. The lowest BCUT2D eigenvalue weighted by molar-refractivity contribution is -0.146. The number of carboxylic acid groups (broad SMARTS) is 1. The molecule has 0 aromatic carbocycles. The van der Waals surface area contributed by atoms with Crippen LogP contribution in [0.15, 0.2) is 0 Å². The predicted octanol–water partition coefficient (Wildman–Crippen LogP) is -0.538. The molecule has 0 radical (unpaired) electrons. The summed E-state index contributed by atoms with van der Waals surface area (Å²) < 4.78 is 23.0. The van der Waals surface area contributed by atoms with E-state index >= 15 is 0 Å². The number of sulfone groups is 1. The fraction of sp³-hybridized carbons (Fsp3) is 0.833. The Bertz CT molecular complexity index is 458. The summed E-state index contributed by atoms with van der Waals surface area (Å²) in [4.78, 5) is 24.3. The van der Waals surface area contributed by atoms with Crippen molar-refractivity contribution in [2.24, 2.45) is 11.7 Å². The van der Waals surface area contributed by atoms with Crippen LogP contribution in [0.1, 0.15) is 26.2 Å². The van der Waals surface area contributed by atoms with Crippen LogP contribution >= 0.6 is 0 Å². The summed E-state index contributed by atoms with van der Waals surface area (Å²) in [5, 5.41) is 8.90. The first-order valence-corrected chi connectivity index (χ1v) is 8.53. The third-order valence-corrected chi connectivity index (χ3v) is 5.40. The van der Waals surface area contributed by atoms with Crippen LogP contribution in [0.4, 0.5) is 0 Å². The number of hydrogen-bond acceptors (Lipinski definition) is 5. The summed E-state index contributed by atoms with van der Waals surface area (Å²) in [6.45, 7) is 1.80. The summed E-state index contributed by atoms with van der Waals surface area (Å²) in [6, 6.07) is -0.529. The molecule has 1 saturated heterocycles. The SMILES string of the molecule is CCC(CN)CC(=O)N(CC(=O)O)C1CCS(=O)(=O)C1. The van der Waals surface area contributed by atoms with Crippen molar-refractivity contribution in [2.75, 3.05) is 24.6 Å². The highest BCUT2D eigenvalue weighted by atomic mass is 32.2. The average Bonchev–Trinajstić information content (AvgIpc) is 2.72. The van der Waals surface area contributed by atoms with Crippen LogP contribution < -0.4 is 5.73 Å². The van der Waals surface area contributed by atoms with Crippen molar-refractivity contribution in [1.29, 1.82) is 0 Å². The van der Waals surface area contributed by atoms with Gasteiger partial charge in [-0.2, -0.15) is 0 Å². The molecular weight excluding hydrogens is 284 g/mol. The lowest BCUT2D eigenvalue weighted by atomic mass is 10.0. The van der Waals surface area contributed by atoms with Gasteiger partial charge < -0.3 is 15.7 Å². The molecule has 0 aromatic rings. The van der Waals surface area contributed by atoms with E-state index in [0.29, 0.717) is 13.0 Å². The lowest BCUT2D eigenvalue weighted by Gasteiger charge is -2.28. The Labute approximate surface area is 119 Å². The minimum atomic E-state index is -3.16. The van der Waals surface area contributed by atoms with E-state index in [-0.39, 0.29) is 29.8 Å². The molecule has 1 amide bonds. The van der Waals surface area contributed by atoms with Gasteiger partial charge in [0.25, 0.3) is 0 Å². The summed E-state index contributed by atoms with van der Waals surface area (Å²) in [5.74, 6) is -1.60. The van der Waals surface area contributed by atoms with Crippen molar-refractivity contribution in [3.63, 3.8) is 0 Å². The molecule has 0 spiro atoms. The smallest absolute Gasteiger partial charge is 0.323 e. The highest BCUT2D eigenvalue weighted by Gasteiger charge is 2.35. The molecule has 1 aliphatic heterocycles. The highest BCUT2D eigenvalue weighted by molar-refractivity contribution is 7.91. The van der Waals surface area contributed by atoms with Gasteiger partial charge in [0, 0.05) is 12.5 Å². The van der Waals surface area contributed by atoms with Gasteiger partial charge in [-0.3, -0.25) is 9.59 Å². The Kier molecular flexibility index (Phi) is 5.94. The average molecular weight is 306 g/mol. The van der Waals surface area contributed by atoms with Crippen LogP contribution in [0.5, 0.6) is 0 Å². The standard InChI is InChI=1S/C12H22N2O5S/c1-2-9(6-13)5-11(15)14(7-12(16)17)10-3-4-20(18,19)8-10/h9-10H,2-8,13H2,1H3,(H,16,17). The maximum absolute atomic E-state index is 12.2. The zero-order valence-electron chi connectivity index (χ0n) is 11.6. The second kappa shape index (κ2) is 7.03. The van der Waals surface area contributed by atoms with Crippen LogP contribution in [0.2, 0.25) is 0 Å². The van der Waals surface area contributed by atoms with E-state index in [2.05, 4.69) is 0 Å². The number of carboxylic acids is 1. The molecule has 0 saturated carbocycles. The zero-order chi connectivity index (χ0) is 15.3. The van der Waals surface area contributed by atoms with Crippen LogP contribution in [-0.2, 0) is 19.4 Å². The highest BCUT2D eigenvalue weighted by Crippen LogP contribution is 2.20. The fourth-order valence-electron chi connectivity index (χ4n) is 2.35. The monoisotopic (exact) mass is 306 g/mol. The molecule has 1 heterocycles. The number of amides is 1. The van der Waals surface area contributed by atoms with Crippen LogP contribution in [-0.4, -0.2) is 60.9 Å². The van der Waals surface area contributed by atoms with Gasteiger partial charge >= 0.3 is 5.97 Å². The first-order chi connectivity index (χ1) is 9.29. The number of hydrogen-bond donors (Lipinski definition) is 2. The Morgan fingerprint density at radius 1 is 1.45 bits per heavy atom. The molecule has 0 aromatic heterocycles. The summed E-state index contributed by atoms with van der Waals surface area (Å²) in [7, 11) is -3.16. The van der Waals surface area contributed by atoms with Crippen molar-refractivity contribution in [2.45, 2.75) is 32.2 Å². The molecular formula is C12H22N2O5S. The van der Waals surface area contributed by atoms with E-state index in [4.69, 9.17) is 10.8 Å². The number of nitrogens with zero attached hydrogens (tertiary/aromatic N) is 1. The number of aliphatic carboxylic acids is 1. The van der Waals surface area contributed by atoms with Gasteiger partial charge in [-0.25, -0.2) is 8.42 Å². The third-order valence-electron chi connectivity index (χ3n) is 3.65. The Hall–Kier alpha value is -1.15. The van der Waals surface area contributed by atoms with Crippen molar-refractivity contribution >= 4 is 21.7 Å². The van der Waals surface area contributed by atoms with Crippen LogP contribution in [0, 0.1) is 5.92 Å². The minimum absolute atomic E-state index is 0.00296. The maximum Gasteiger partial charge on any atom is 0.323 e. The second-order valence-electron chi connectivity index (χ2n) is 5.19. The van der Waals surface area contributed by atoms with Crippen LogP contribution in [0.25, 0.3) is 0 Å². The Morgan fingerprint density at radius 2 is 2.10 bits per heavy atom. The minimum Gasteiger partial charge on any atom is -0.480 e. The van der Waals surface area contributed by atoms with Crippen molar-refractivity contribution < 1.29 is 23.1 Å². The molecule has 2 unspecified atom stereocenters. The van der Waals surface area contributed by atoms with Gasteiger partial charge in [0.15, 0.2) is 9.84 Å². The van der Waals surface area contributed by atoms with E-state index in [1.165, 1.54) is 4.90 Å². The zero-order valence-corrected chi connectivity index (χ0v) is 12.4. The maximum atomic E-state index is 12.2. The molecule has 3 N–H and O–H groups in total. The van der Waals surface area contributed by atoms with Gasteiger partial charge in [-0.15, -0.1) is 0 Å². The van der Waals surface area contributed by atoms with E-state index in [0.717, 1.165) is 6.42 Å². The number of carbonyl (C=O) groups is 2. The topological polar surface area (TPSA) is 118 Å². The Balaban J connectivity index is 2.79. The van der Waals surface area contributed by atoms with Crippen molar-refractivity contribution in [1.82, 2.24) is 4.90 Å².